The van der Waals surface area contributed by atoms with Crippen molar-refractivity contribution >= 4 is 33.0 Å². The topological polar surface area (TPSA) is 128 Å². The molecule has 0 saturated carbocycles. The lowest BCUT2D eigenvalue weighted by Gasteiger charge is -2.12. The number of aryl methyl sites for hydroxylation is 1. The van der Waals surface area contributed by atoms with Crippen LogP contribution in [0.25, 0.3) is 0 Å². The van der Waals surface area contributed by atoms with E-state index >= 15 is 0 Å². The third-order valence-electron chi connectivity index (χ3n) is 4.41. The summed E-state index contributed by atoms with van der Waals surface area (Å²) in [5.41, 5.74) is 0.670. The maximum Gasteiger partial charge on any atom is 0.290 e. The van der Waals surface area contributed by atoms with Crippen molar-refractivity contribution < 1.29 is 22.9 Å². The van der Waals surface area contributed by atoms with Crippen molar-refractivity contribution in [2.45, 2.75) is 11.8 Å². The van der Waals surface area contributed by atoms with E-state index in [4.69, 9.17) is 4.74 Å². The SMILES string of the molecule is COc1ccccc1NC(=O)c1ccc(NS(=O)(=O)c2c(C)cccc2[N+](=O)[O-])cc1. The Labute approximate surface area is 178 Å². The van der Waals surface area contributed by atoms with Crippen LogP contribution >= 0.6 is 0 Å². The highest BCUT2D eigenvalue weighted by atomic mass is 32.2. The summed E-state index contributed by atoms with van der Waals surface area (Å²) in [5.74, 6) is 0.0912. The first-order chi connectivity index (χ1) is 14.7. The number of methoxy groups -OCH3 is 1. The second-order valence-electron chi connectivity index (χ2n) is 6.52. The van der Waals surface area contributed by atoms with Crippen molar-refractivity contribution in [3.8, 4) is 5.75 Å². The summed E-state index contributed by atoms with van der Waals surface area (Å²) >= 11 is 0. The maximum atomic E-state index is 12.8. The second kappa shape index (κ2) is 8.84. The fraction of sp³-hybridized carbons (Fsp3) is 0.0952. The highest BCUT2D eigenvalue weighted by Gasteiger charge is 2.28. The van der Waals surface area contributed by atoms with Crippen LogP contribution in [0.3, 0.4) is 0 Å². The van der Waals surface area contributed by atoms with Crippen LogP contribution in [0.5, 0.6) is 5.75 Å². The molecule has 1 amide bonds. The van der Waals surface area contributed by atoms with Gasteiger partial charge in [-0.15, -0.1) is 0 Å². The van der Waals surface area contributed by atoms with Crippen molar-refractivity contribution in [2.24, 2.45) is 0 Å². The summed E-state index contributed by atoms with van der Waals surface area (Å²) in [6.07, 6.45) is 0. The van der Waals surface area contributed by atoms with Crippen molar-refractivity contribution in [2.75, 3.05) is 17.1 Å². The summed E-state index contributed by atoms with van der Waals surface area (Å²) < 4.78 is 33.1. The van der Waals surface area contributed by atoms with E-state index in [1.165, 1.54) is 50.4 Å². The number of carbonyl (C=O) groups excluding carboxylic acids is 1. The number of hydrogen-bond acceptors (Lipinski definition) is 6. The molecule has 0 saturated heterocycles. The number of rotatable bonds is 7. The molecule has 3 aromatic carbocycles. The zero-order valence-corrected chi connectivity index (χ0v) is 17.5. The number of nitrogens with zero attached hydrogens (tertiary/aromatic N) is 1. The van der Waals surface area contributed by atoms with Crippen LogP contribution in [-0.4, -0.2) is 26.4 Å². The monoisotopic (exact) mass is 441 g/mol. The summed E-state index contributed by atoms with van der Waals surface area (Å²) in [6.45, 7) is 1.48. The molecule has 0 aromatic heterocycles. The van der Waals surface area contributed by atoms with Crippen molar-refractivity contribution in [3.63, 3.8) is 0 Å². The van der Waals surface area contributed by atoms with E-state index in [2.05, 4.69) is 10.0 Å². The molecule has 0 radical (unpaired) electrons. The number of hydrogen-bond donors (Lipinski definition) is 2. The highest BCUT2D eigenvalue weighted by Crippen LogP contribution is 2.29. The van der Waals surface area contributed by atoms with E-state index in [9.17, 15) is 23.3 Å². The molecule has 160 valence electrons. The van der Waals surface area contributed by atoms with E-state index in [1.54, 1.807) is 24.3 Å². The van der Waals surface area contributed by atoms with Gasteiger partial charge in [-0.1, -0.05) is 24.3 Å². The van der Waals surface area contributed by atoms with E-state index in [1.807, 2.05) is 0 Å². The fourth-order valence-electron chi connectivity index (χ4n) is 2.97. The molecule has 2 N–H and O–H groups in total. The Morgan fingerprint density at radius 2 is 1.68 bits per heavy atom. The minimum atomic E-state index is -4.22. The lowest BCUT2D eigenvalue weighted by molar-refractivity contribution is -0.387. The molecule has 0 aliphatic heterocycles. The Hall–Kier alpha value is -3.92. The number of nitro groups is 1. The molecule has 0 aliphatic carbocycles. The molecule has 3 rings (SSSR count). The molecule has 0 unspecified atom stereocenters. The van der Waals surface area contributed by atoms with Gasteiger partial charge in [0.05, 0.1) is 17.7 Å². The van der Waals surface area contributed by atoms with Crippen LogP contribution in [0.1, 0.15) is 15.9 Å². The molecular weight excluding hydrogens is 422 g/mol. The number of sulfonamides is 1. The maximum absolute atomic E-state index is 12.8. The van der Waals surface area contributed by atoms with E-state index in [0.717, 1.165) is 6.07 Å². The van der Waals surface area contributed by atoms with Crippen LogP contribution in [0.4, 0.5) is 17.1 Å². The van der Waals surface area contributed by atoms with Gasteiger partial charge in [-0.3, -0.25) is 19.6 Å². The molecule has 0 spiro atoms. The van der Waals surface area contributed by atoms with Gasteiger partial charge in [0.2, 0.25) is 0 Å². The summed E-state index contributed by atoms with van der Waals surface area (Å²) in [6, 6.07) is 16.6. The number of anilines is 2. The van der Waals surface area contributed by atoms with Gasteiger partial charge in [-0.25, -0.2) is 8.42 Å². The Morgan fingerprint density at radius 3 is 2.32 bits per heavy atom. The third-order valence-corrected chi connectivity index (χ3v) is 5.98. The van der Waals surface area contributed by atoms with Crippen LogP contribution in [0.15, 0.2) is 71.6 Å². The van der Waals surface area contributed by atoms with Crippen LogP contribution in [0.2, 0.25) is 0 Å². The van der Waals surface area contributed by atoms with Gasteiger partial charge in [0.1, 0.15) is 5.75 Å². The largest absolute Gasteiger partial charge is 0.495 e. The summed E-state index contributed by atoms with van der Waals surface area (Å²) in [7, 11) is -2.73. The van der Waals surface area contributed by atoms with Crippen molar-refractivity contribution in [1.29, 1.82) is 0 Å². The van der Waals surface area contributed by atoms with Crippen LogP contribution in [-0.2, 0) is 10.0 Å². The predicted molar refractivity (Wildman–Crippen MR) is 116 cm³/mol. The number of benzene rings is 3. The van der Waals surface area contributed by atoms with Crippen molar-refractivity contribution in [3.05, 3.63) is 88.0 Å². The molecule has 10 heteroatoms. The molecule has 0 aliphatic rings. The van der Waals surface area contributed by atoms with Gasteiger partial charge < -0.3 is 10.1 Å². The first-order valence-electron chi connectivity index (χ1n) is 9.04. The standard InChI is InChI=1S/C21H19N3O6S/c1-14-6-5-8-18(24(26)27)20(14)31(28,29)23-16-12-10-15(11-13-16)21(25)22-17-7-3-4-9-19(17)30-2/h3-13,23H,1-2H3,(H,22,25). The Balaban J connectivity index is 1.81. The lowest BCUT2D eigenvalue weighted by atomic mass is 10.2. The quantitative estimate of drug-likeness (QED) is 0.422. The molecule has 0 bridgehead atoms. The number of carbonyl (C=O) groups is 1. The number of ether oxygens (including phenoxy) is 1. The Bertz CT molecular complexity index is 1240. The van der Waals surface area contributed by atoms with Gasteiger partial charge in [0, 0.05) is 17.3 Å². The smallest absolute Gasteiger partial charge is 0.290 e. The minimum Gasteiger partial charge on any atom is -0.495 e. The van der Waals surface area contributed by atoms with Gasteiger partial charge in [-0.2, -0.15) is 0 Å². The van der Waals surface area contributed by atoms with Gasteiger partial charge in [-0.05, 0) is 48.9 Å². The molecular formula is C21H19N3O6S. The van der Waals surface area contributed by atoms with Gasteiger partial charge >= 0.3 is 0 Å². The molecule has 9 nitrogen and oxygen atoms in total. The predicted octanol–water partition coefficient (Wildman–Crippen LogP) is 3.96. The average Bonchev–Trinajstić information content (AvgIpc) is 2.74. The molecule has 0 atom stereocenters. The Kier molecular flexibility index (Phi) is 6.21. The normalized spacial score (nSPS) is 10.9. The molecule has 0 fully saturated rings. The average molecular weight is 441 g/mol. The fourth-order valence-corrected chi connectivity index (χ4v) is 4.43. The first kappa shape index (κ1) is 21.8. The van der Waals surface area contributed by atoms with Crippen LogP contribution in [0, 0.1) is 17.0 Å². The van der Waals surface area contributed by atoms with E-state index in [-0.39, 0.29) is 16.8 Å². The number of nitrogens with one attached hydrogen (secondary N) is 2. The zero-order valence-electron chi connectivity index (χ0n) is 16.7. The first-order valence-corrected chi connectivity index (χ1v) is 10.5. The van der Waals surface area contributed by atoms with Gasteiger partial charge in [0.15, 0.2) is 4.90 Å². The minimum absolute atomic E-state index is 0.159. The second-order valence-corrected chi connectivity index (χ2v) is 8.14. The molecule has 0 heterocycles. The Morgan fingerprint density at radius 1 is 1.00 bits per heavy atom. The molecule has 3 aromatic rings. The number of para-hydroxylation sites is 2. The van der Waals surface area contributed by atoms with Crippen LogP contribution < -0.4 is 14.8 Å². The number of nitro benzene ring substituents is 1. The van der Waals surface area contributed by atoms with E-state index < -0.39 is 31.4 Å². The van der Waals surface area contributed by atoms with Crippen molar-refractivity contribution in [1.82, 2.24) is 0 Å². The van der Waals surface area contributed by atoms with E-state index in [0.29, 0.717) is 11.4 Å². The lowest BCUT2D eigenvalue weighted by Crippen LogP contribution is -2.16. The highest BCUT2D eigenvalue weighted by molar-refractivity contribution is 7.93. The summed E-state index contributed by atoms with van der Waals surface area (Å²) in [4.78, 5) is 22.6. The zero-order chi connectivity index (χ0) is 22.6. The number of amides is 1. The summed E-state index contributed by atoms with van der Waals surface area (Å²) in [5, 5.41) is 14.0. The molecule has 31 heavy (non-hydrogen) atoms. The third kappa shape index (κ3) is 4.81. The van der Waals surface area contributed by atoms with Gasteiger partial charge in [0.25, 0.3) is 21.6 Å².